The van der Waals surface area contributed by atoms with Gasteiger partial charge in [-0.05, 0) is 29.2 Å². The zero-order valence-electron chi connectivity index (χ0n) is 13.0. The van der Waals surface area contributed by atoms with Crippen LogP contribution >= 0.6 is 11.6 Å². The molecule has 1 N–H and O–H groups in total. The number of ether oxygens (including phenoxy) is 1. The lowest BCUT2D eigenvalue weighted by Crippen LogP contribution is -2.49. The average molecular weight is 346 g/mol. The van der Waals surface area contributed by atoms with Gasteiger partial charge in [0.25, 0.3) is 0 Å². The lowest BCUT2D eigenvalue weighted by atomic mass is 9.87. The molecular weight excluding hydrogens is 326 g/mol. The van der Waals surface area contributed by atoms with Crippen LogP contribution in [0.2, 0.25) is 5.02 Å². The lowest BCUT2D eigenvalue weighted by molar-refractivity contribution is -0.145. The molecule has 1 unspecified atom stereocenters. The third kappa shape index (κ3) is 5.79. The van der Waals surface area contributed by atoms with E-state index >= 15 is 0 Å². The van der Waals surface area contributed by atoms with Crippen LogP contribution in [0.5, 0.6) is 0 Å². The molecule has 0 fully saturated rings. The van der Waals surface area contributed by atoms with E-state index in [9.17, 15) is 13.2 Å². The Bertz CT molecular complexity index is 645. The SMILES string of the molecule is COC(=O)C(NS(=O)(=O)/C=C/c1ccc(Cl)cc1)C(C)(C)C. The second kappa shape index (κ2) is 7.26. The van der Waals surface area contributed by atoms with Crippen molar-refractivity contribution in [1.82, 2.24) is 4.72 Å². The molecule has 1 atom stereocenters. The van der Waals surface area contributed by atoms with Crippen molar-refractivity contribution in [2.24, 2.45) is 5.41 Å². The number of benzene rings is 1. The number of esters is 1. The highest BCUT2D eigenvalue weighted by atomic mass is 35.5. The molecule has 0 saturated heterocycles. The van der Waals surface area contributed by atoms with Crippen molar-refractivity contribution in [2.75, 3.05) is 7.11 Å². The summed E-state index contributed by atoms with van der Waals surface area (Å²) in [5.41, 5.74) is 0.0639. The Morgan fingerprint density at radius 1 is 1.27 bits per heavy atom. The van der Waals surface area contributed by atoms with Crippen LogP contribution in [0.25, 0.3) is 6.08 Å². The van der Waals surface area contributed by atoms with Crippen LogP contribution < -0.4 is 4.72 Å². The molecule has 0 saturated carbocycles. The number of methoxy groups -OCH3 is 1. The molecule has 0 spiro atoms. The van der Waals surface area contributed by atoms with Crippen molar-refractivity contribution >= 4 is 33.7 Å². The van der Waals surface area contributed by atoms with E-state index in [1.807, 2.05) is 0 Å². The maximum absolute atomic E-state index is 12.1. The molecule has 1 aromatic carbocycles. The predicted molar refractivity (Wildman–Crippen MR) is 87.8 cm³/mol. The van der Waals surface area contributed by atoms with Crippen LogP contribution in [0.1, 0.15) is 26.3 Å². The second-order valence-electron chi connectivity index (χ2n) is 5.84. The van der Waals surface area contributed by atoms with Crippen LogP contribution in [0, 0.1) is 5.41 Å². The predicted octanol–water partition coefficient (Wildman–Crippen LogP) is 2.82. The molecule has 122 valence electrons. The Morgan fingerprint density at radius 3 is 2.27 bits per heavy atom. The molecule has 1 rings (SSSR count). The van der Waals surface area contributed by atoms with Gasteiger partial charge in [0.2, 0.25) is 10.0 Å². The smallest absolute Gasteiger partial charge is 0.324 e. The molecule has 7 heteroatoms. The summed E-state index contributed by atoms with van der Waals surface area (Å²) < 4.78 is 31.2. The molecule has 22 heavy (non-hydrogen) atoms. The Labute approximate surface area is 136 Å². The summed E-state index contributed by atoms with van der Waals surface area (Å²) >= 11 is 5.77. The minimum atomic E-state index is -3.79. The molecule has 0 aliphatic rings. The van der Waals surface area contributed by atoms with E-state index in [-0.39, 0.29) is 0 Å². The van der Waals surface area contributed by atoms with Crippen LogP contribution in [-0.2, 0) is 19.6 Å². The first-order valence-corrected chi connectivity index (χ1v) is 8.51. The van der Waals surface area contributed by atoms with Gasteiger partial charge in [0.15, 0.2) is 0 Å². The van der Waals surface area contributed by atoms with Crippen molar-refractivity contribution in [3.05, 3.63) is 40.3 Å². The van der Waals surface area contributed by atoms with Gasteiger partial charge in [-0.25, -0.2) is 8.42 Å². The summed E-state index contributed by atoms with van der Waals surface area (Å²) in [5.74, 6) is -0.629. The van der Waals surface area contributed by atoms with Gasteiger partial charge >= 0.3 is 5.97 Å². The molecule has 5 nitrogen and oxygen atoms in total. The average Bonchev–Trinajstić information content (AvgIpc) is 2.42. The maximum atomic E-state index is 12.1. The summed E-state index contributed by atoms with van der Waals surface area (Å²) in [6, 6.07) is 5.73. The quantitative estimate of drug-likeness (QED) is 0.833. The molecule has 0 aromatic heterocycles. The van der Waals surface area contributed by atoms with Gasteiger partial charge in [-0.1, -0.05) is 44.5 Å². The van der Waals surface area contributed by atoms with Gasteiger partial charge in [0.05, 0.1) is 7.11 Å². The highest BCUT2D eigenvalue weighted by Crippen LogP contribution is 2.21. The third-order valence-electron chi connectivity index (χ3n) is 2.89. The topological polar surface area (TPSA) is 72.5 Å². The number of rotatable bonds is 5. The van der Waals surface area contributed by atoms with Crippen molar-refractivity contribution in [1.29, 1.82) is 0 Å². The van der Waals surface area contributed by atoms with Crippen LogP contribution in [0.15, 0.2) is 29.7 Å². The van der Waals surface area contributed by atoms with Crippen LogP contribution in [0.4, 0.5) is 0 Å². The Hall–Kier alpha value is -1.37. The van der Waals surface area contributed by atoms with E-state index in [4.69, 9.17) is 11.6 Å². The molecule has 0 aliphatic carbocycles. The fourth-order valence-electron chi connectivity index (χ4n) is 1.64. The fourth-order valence-corrected chi connectivity index (χ4v) is 2.96. The van der Waals surface area contributed by atoms with E-state index in [0.29, 0.717) is 10.6 Å². The summed E-state index contributed by atoms with van der Waals surface area (Å²) in [4.78, 5) is 11.8. The Balaban J connectivity index is 2.93. The molecular formula is C15H20ClNO4S. The summed E-state index contributed by atoms with van der Waals surface area (Å²) in [5, 5.41) is 1.58. The van der Waals surface area contributed by atoms with E-state index in [0.717, 1.165) is 5.41 Å². The number of hydrogen-bond acceptors (Lipinski definition) is 4. The highest BCUT2D eigenvalue weighted by molar-refractivity contribution is 7.92. The van der Waals surface area contributed by atoms with Gasteiger partial charge in [-0.2, -0.15) is 4.72 Å². The lowest BCUT2D eigenvalue weighted by Gasteiger charge is -2.28. The molecule has 0 bridgehead atoms. The second-order valence-corrected chi connectivity index (χ2v) is 7.87. The van der Waals surface area contributed by atoms with Gasteiger partial charge < -0.3 is 4.74 Å². The van der Waals surface area contributed by atoms with Gasteiger partial charge in [0, 0.05) is 10.4 Å². The van der Waals surface area contributed by atoms with E-state index in [1.54, 1.807) is 45.0 Å². The maximum Gasteiger partial charge on any atom is 0.324 e. The number of nitrogens with one attached hydrogen (secondary N) is 1. The molecule has 0 heterocycles. The number of sulfonamides is 1. The number of halogens is 1. The first-order valence-electron chi connectivity index (χ1n) is 6.59. The molecule has 1 aromatic rings. The largest absolute Gasteiger partial charge is 0.468 e. The van der Waals surface area contributed by atoms with Gasteiger partial charge in [-0.3, -0.25) is 4.79 Å². The number of carbonyl (C=O) groups is 1. The van der Waals surface area contributed by atoms with E-state index in [2.05, 4.69) is 9.46 Å². The fraction of sp³-hybridized carbons (Fsp3) is 0.400. The van der Waals surface area contributed by atoms with E-state index in [1.165, 1.54) is 13.2 Å². The number of carbonyl (C=O) groups excluding carboxylic acids is 1. The van der Waals surface area contributed by atoms with Gasteiger partial charge in [-0.15, -0.1) is 0 Å². The van der Waals surface area contributed by atoms with Crippen LogP contribution in [-0.4, -0.2) is 27.5 Å². The normalized spacial score (nSPS) is 14.0. The minimum Gasteiger partial charge on any atom is -0.468 e. The molecule has 0 radical (unpaired) electrons. The zero-order valence-corrected chi connectivity index (χ0v) is 14.5. The zero-order chi connectivity index (χ0) is 17.0. The standard InChI is InChI=1S/C15H20ClNO4S/c1-15(2,3)13(14(18)21-4)17-22(19,20)10-9-11-5-7-12(16)8-6-11/h5-10,13,17H,1-4H3/b10-9+. The van der Waals surface area contributed by atoms with Gasteiger partial charge in [0.1, 0.15) is 6.04 Å². The summed E-state index contributed by atoms with van der Waals surface area (Å²) in [6.45, 7) is 5.25. The third-order valence-corrected chi connectivity index (χ3v) is 4.21. The van der Waals surface area contributed by atoms with Crippen LogP contribution in [0.3, 0.4) is 0 Å². The van der Waals surface area contributed by atoms with Crippen molar-refractivity contribution < 1.29 is 17.9 Å². The Kier molecular flexibility index (Phi) is 6.17. The summed E-state index contributed by atoms with van der Waals surface area (Å²) in [6.07, 6.45) is 1.43. The van der Waals surface area contributed by atoms with Crippen molar-refractivity contribution in [3.63, 3.8) is 0 Å². The first-order chi connectivity index (χ1) is 10.0. The highest BCUT2D eigenvalue weighted by Gasteiger charge is 2.34. The molecule has 0 aliphatic heterocycles. The van der Waals surface area contributed by atoms with Crippen molar-refractivity contribution in [3.8, 4) is 0 Å². The monoisotopic (exact) mass is 345 g/mol. The van der Waals surface area contributed by atoms with Crippen molar-refractivity contribution in [2.45, 2.75) is 26.8 Å². The van der Waals surface area contributed by atoms with E-state index < -0.39 is 27.4 Å². The minimum absolute atomic E-state index is 0.566. The molecule has 0 amide bonds. The Morgan fingerprint density at radius 2 is 1.82 bits per heavy atom. The number of hydrogen-bond donors (Lipinski definition) is 1. The summed E-state index contributed by atoms with van der Waals surface area (Å²) in [7, 11) is -2.57. The first kappa shape index (κ1) is 18.7.